The molecule has 0 aliphatic carbocycles. The summed E-state index contributed by atoms with van der Waals surface area (Å²) in [4.78, 5) is 38.3. The molecule has 1 aliphatic heterocycles. The first-order chi connectivity index (χ1) is 17.7. The topological polar surface area (TPSA) is 131 Å². The van der Waals surface area contributed by atoms with Gasteiger partial charge in [0.2, 0.25) is 0 Å². The predicted octanol–water partition coefficient (Wildman–Crippen LogP) is 3.80. The largest absolute Gasteiger partial charge is 0.506 e. The Kier molecular flexibility index (Phi) is 6.57. The minimum absolute atomic E-state index is 0.0214. The molecular formula is C26H22F3N3O6. The highest BCUT2D eigenvalue weighted by atomic mass is 19.4. The van der Waals surface area contributed by atoms with Crippen LogP contribution in [-0.2, 0) is 22.3 Å². The minimum atomic E-state index is -4.54. The molecule has 12 heteroatoms. The Balaban J connectivity index is 1.76. The van der Waals surface area contributed by atoms with E-state index in [1.54, 1.807) is 20.8 Å². The van der Waals surface area contributed by atoms with Crippen LogP contribution < -0.4 is 15.6 Å². The fraction of sp³-hybridized carbons (Fsp3) is 0.308. The molecule has 0 radical (unpaired) electrons. The van der Waals surface area contributed by atoms with Crippen LogP contribution >= 0.6 is 0 Å². The number of amides is 1. The van der Waals surface area contributed by atoms with Gasteiger partial charge in [0.15, 0.2) is 0 Å². The number of carbonyl (C=O) groups is 2. The Morgan fingerprint density at radius 2 is 1.87 bits per heavy atom. The zero-order chi connectivity index (χ0) is 28.0. The number of alkyl halides is 3. The normalized spacial score (nSPS) is 14.9. The molecule has 1 amide bonds. The maximum absolute atomic E-state index is 13.4. The second-order valence-electron chi connectivity index (χ2n) is 9.62. The number of hydrogen-bond acceptors (Lipinski definition) is 7. The van der Waals surface area contributed by atoms with Crippen molar-refractivity contribution in [2.45, 2.75) is 45.2 Å². The molecule has 38 heavy (non-hydrogen) atoms. The van der Waals surface area contributed by atoms with Gasteiger partial charge in [-0.05, 0) is 44.5 Å². The van der Waals surface area contributed by atoms with Gasteiger partial charge in [-0.15, -0.1) is 0 Å². The molecule has 3 aromatic rings. The number of aromatic hydroxyl groups is 1. The van der Waals surface area contributed by atoms with Gasteiger partial charge in [-0.1, -0.05) is 12.1 Å². The predicted molar refractivity (Wildman–Crippen MR) is 128 cm³/mol. The number of rotatable bonds is 4. The molecule has 0 bridgehead atoms. The van der Waals surface area contributed by atoms with Crippen molar-refractivity contribution in [3.63, 3.8) is 0 Å². The van der Waals surface area contributed by atoms with E-state index in [0.717, 1.165) is 16.7 Å². The standard InChI is InChI=1S/C26H22F3N3O6/c1-25(2,3)38-19(33)11-31-23(35)20-22(34)16-8-13(10-30)9-17-21(16)32(24(20)36)12-18(37-17)14-4-6-15(7-5-14)26(27,28)29/h4-9,18,34H,11-12H2,1-3H3,(H,31,35). The van der Waals surface area contributed by atoms with Crippen molar-refractivity contribution in [3.05, 3.63) is 69.0 Å². The lowest BCUT2D eigenvalue weighted by Crippen LogP contribution is -2.39. The number of nitriles is 1. The first kappa shape index (κ1) is 26.5. The number of halogens is 3. The van der Waals surface area contributed by atoms with E-state index in [4.69, 9.17) is 9.47 Å². The van der Waals surface area contributed by atoms with Crippen LogP contribution in [0.2, 0.25) is 0 Å². The molecule has 2 N–H and O–H groups in total. The summed E-state index contributed by atoms with van der Waals surface area (Å²) < 4.78 is 51.2. The number of esters is 1. The third kappa shape index (κ3) is 5.13. The van der Waals surface area contributed by atoms with Gasteiger partial charge < -0.3 is 19.9 Å². The lowest BCUT2D eigenvalue weighted by Gasteiger charge is -2.29. The zero-order valence-electron chi connectivity index (χ0n) is 20.5. The highest BCUT2D eigenvalue weighted by Crippen LogP contribution is 2.40. The van der Waals surface area contributed by atoms with Gasteiger partial charge in [0.05, 0.1) is 29.3 Å². The number of nitrogens with one attached hydrogen (secondary N) is 1. The molecule has 0 saturated carbocycles. The van der Waals surface area contributed by atoms with Crippen molar-refractivity contribution in [3.8, 4) is 17.6 Å². The average Bonchev–Trinajstić information content (AvgIpc) is 2.83. The smallest absolute Gasteiger partial charge is 0.416 e. The van der Waals surface area contributed by atoms with Crippen LogP contribution in [0.1, 0.15) is 53.9 Å². The Hall–Kier alpha value is -4.53. The SMILES string of the molecule is CC(C)(C)OC(=O)CNC(=O)c1c(O)c2cc(C#N)cc3c2n(c1=O)CC(c1ccc(C(F)(F)F)cc1)O3. The van der Waals surface area contributed by atoms with Crippen LogP contribution in [0.3, 0.4) is 0 Å². The van der Waals surface area contributed by atoms with Crippen molar-refractivity contribution in [2.75, 3.05) is 6.54 Å². The highest BCUT2D eigenvalue weighted by molar-refractivity contribution is 6.04. The van der Waals surface area contributed by atoms with Gasteiger partial charge in [-0.2, -0.15) is 18.4 Å². The Bertz CT molecular complexity index is 1550. The van der Waals surface area contributed by atoms with Crippen LogP contribution in [-0.4, -0.2) is 33.7 Å². The fourth-order valence-corrected chi connectivity index (χ4v) is 4.11. The first-order valence-corrected chi connectivity index (χ1v) is 11.4. The van der Waals surface area contributed by atoms with Crippen LogP contribution in [0.4, 0.5) is 13.2 Å². The van der Waals surface area contributed by atoms with Crippen molar-refractivity contribution in [1.29, 1.82) is 5.26 Å². The van der Waals surface area contributed by atoms with Crippen LogP contribution in [0.25, 0.3) is 10.9 Å². The van der Waals surface area contributed by atoms with Gasteiger partial charge in [-0.3, -0.25) is 19.0 Å². The maximum atomic E-state index is 13.4. The van der Waals surface area contributed by atoms with E-state index in [1.807, 2.05) is 6.07 Å². The second-order valence-corrected chi connectivity index (χ2v) is 9.62. The number of carbonyl (C=O) groups excluding carboxylic acids is 2. The van der Waals surface area contributed by atoms with Crippen molar-refractivity contribution < 1.29 is 37.3 Å². The Labute approximate surface area is 214 Å². The molecule has 1 unspecified atom stereocenters. The molecule has 0 spiro atoms. The fourth-order valence-electron chi connectivity index (χ4n) is 4.11. The summed E-state index contributed by atoms with van der Waals surface area (Å²) in [7, 11) is 0. The summed E-state index contributed by atoms with van der Waals surface area (Å²) in [6.07, 6.45) is -5.48. The molecule has 1 aliphatic rings. The van der Waals surface area contributed by atoms with E-state index in [9.17, 15) is 37.9 Å². The summed E-state index contributed by atoms with van der Waals surface area (Å²) in [5.74, 6) is -2.50. The van der Waals surface area contributed by atoms with E-state index in [2.05, 4.69) is 5.32 Å². The lowest BCUT2D eigenvalue weighted by atomic mass is 10.0. The van der Waals surface area contributed by atoms with E-state index < -0.39 is 58.7 Å². The molecular weight excluding hydrogens is 507 g/mol. The molecule has 4 rings (SSSR count). The summed E-state index contributed by atoms with van der Waals surface area (Å²) in [6, 6.07) is 8.69. The van der Waals surface area contributed by atoms with Crippen molar-refractivity contribution in [2.24, 2.45) is 0 Å². The average molecular weight is 529 g/mol. The van der Waals surface area contributed by atoms with E-state index >= 15 is 0 Å². The van der Waals surface area contributed by atoms with Crippen LogP contribution in [0.15, 0.2) is 41.2 Å². The molecule has 2 aromatic carbocycles. The monoisotopic (exact) mass is 529 g/mol. The van der Waals surface area contributed by atoms with E-state index in [0.29, 0.717) is 5.56 Å². The summed E-state index contributed by atoms with van der Waals surface area (Å²) >= 11 is 0. The summed E-state index contributed by atoms with van der Waals surface area (Å²) in [5, 5.41) is 22.6. The quantitative estimate of drug-likeness (QED) is 0.492. The van der Waals surface area contributed by atoms with Crippen molar-refractivity contribution in [1.82, 2.24) is 9.88 Å². The number of aromatic nitrogens is 1. The summed E-state index contributed by atoms with van der Waals surface area (Å²) in [6.45, 7) is 4.13. The molecule has 9 nitrogen and oxygen atoms in total. The maximum Gasteiger partial charge on any atom is 0.416 e. The van der Waals surface area contributed by atoms with Gasteiger partial charge >= 0.3 is 12.1 Å². The first-order valence-electron chi connectivity index (χ1n) is 11.4. The molecule has 1 atom stereocenters. The third-order valence-electron chi connectivity index (χ3n) is 5.69. The third-order valence-corrected chi connectivity index (χ3v) is 5.69. The van der Waals surface area contributed by atoms with Gasteiger partial charge in [0, 0.05) is 11.5 Å². The number of hydrogen-bond donors (Lipinski definition) is 2. The second kappa shape index (κ2) is 9.41. The number of nitrogens with zero attached hydrogens (tertiary/aromatic N) is 2. The van der Waals surface area contributed by atoms with Gasteiger partial charge in [0.25, 0.3) is 11.5 Å². The molecule has 2 heterocycles. The lowest BCUT2D eigenvalue weighted by molar-refractivity contribution is -0.153. The Morgan fingerprint density at radius 1 is 1.21 bits per heavy atom. The van der Waals surface area contributed by atoms with E-state index in [-0.39, 0.29) is 28.8 Å². The van der Waals surface area contributed by atoms with Gasteiger partial charge in [0.1, 0.15) is 35.3 Å². The van der Waals surface area contributed by atoms with Crippen LogP contribution in [0, 0.1) is 11.3 Å². The Morgan fingerprint density at radius 3 is 2.45 bits per heavy atom. The number of ether oxygens (including phenoxy) is 2. The minimum Gasteiger partial charge on any atom is -0.506 e. The molecule has 0 saturated heterocycles. The summed E-state index contributed by atoms with van der Waals surface area (Å²) in [5.41, 5.74) is -2.79. The molecule has 0 fully saturated rings. The van der Waals surface area contributed by atoms with Gasteiger partial charge in [-0.25, -0.2) is 0 Å². The van der Waals surface area contributed by atoms with Crippen molar-refractivity contribution >= 4 is 22.8 Å². The van der Waals surface area contributed by atoms with Crippen LogP contribution in [0.5, 0.6) is 11.5 Å². The molecule has 1 aromatic heterocycles. The molecule has 198 valence electrons. The van der Waals surface area contributed by atoms with E-state index in [1.165, 1.54) is 24.3 Å². The zero-order valence-corrected chi connectivity index (χ0v) is 20.5. The highest BCUT2D eigenvalue weighted by Gasteiger charge is 2.33. The number of pyridine rings is 1. The number of benzene rings is 2.